The molecule has 4 rings (SSSR count). The molecular formula is C27H36N4O5S. The van der Waals surface area contributed by atoms with Gasteiger partial charge in [-0.2, -0.15) is 4.98 Å². The van der Waals surface area contributed by atoms with Crippen molar-refractivity contribution >= 4 is 16.0 Å². The number of nitrogens with one attached hydrogen (secondary N) is 1. The summed E-state index contributed by atoms with van der Waals surface area (Å²) in [5, 5.41) is 4.06. The van der Waals surface area contributed by atoms with Crippen LogP contribution in [0.3, 0.4) is 0 Å². The van der Waals surface area contributed by atoms with Gasteiger partial charge in [0.05, 0.1) is 11.5 Å². The molecule has 2 heterocycles. The van der Waals surface area contributed by atoms with E-state index in [1.165, 1.54) is 0 Å². The molecule has 0 unspecified atom stereocenters. The predicted molar refractivity (Wildman–Crippen MR) is 142 cm³/mol. The lowest BCUT2D eigenvalue weighted by atomic mass is 9.98. The Bertz CT molecular complexity index is 1220. The van der Waals surface area contributed by atoms with Crippen molar-refractivity contribution in [1.29, 1.82) is 0 Å². The number of hydrogen-bond acceptors (Lipinski definition) is 8. The van der Waals surface area contributed by atoms with E-state index in [9.17, 15) is 8.42 Å². The van der Waals surface area contributed by atoms with E-state index in [4.69, 9.17) is 14.0 Å². The monoisotopic (exact) mass is 528 g/mol. The Morgan fingerprint density at radius 1 is 1.05 bits per heavy atom. The van der Waals surface area contributed by atoms with Gasteiger partial charge >= 0.3 is 6.01 Å². The first kappa shape index (κ1) is 27.1. The predicted octanol–water partition coefficient (Wildman–Crippen LogP) is 4.47. The van der Waals surface area contributed by atoms with Crippen molar-refractivity contribution in [2.24, 2.45) is 5.92 Å². The van der Waals surface area contributed by atoms with Crippen LogP contribution in [0, 0.1) is 5.92 Å². The quantitative estimate of drug-likeness (QED) is 0.343. The maximum atomic E-state index is 12.4. The number of sulfonamides is 1. The fourth-order valence-corrected chi connectivity index (χ4v) is 5.24. The van der Waals surface area contributed by atoms with E-state index in [0.717, 1.165) is 48.6 Å². The Hall–Kier alpha value is -2.95. The molecule has 1 N–H and O–H groups in total. The molecule has 10 heteroatoms. The van der Waals surface area contributed by atoms with Crippen LogP contribution in [0.15, 0.2) is 57.9 Å². The van der Waals surface area contributed by atoms with E-state index in [1.54, 1.807) is 19.2 Å². The maximum Gasteiger partial charge on any atom is 0.324 e. The van der Waals surface area contributed by atoms with Crippen LogP contribution < -0.4 is 14.4 Å². The van der Waals surface area contributed by atoms with E-state index in [-0.39, 0.29) is 10.8 Å². The average Bonchev–Trinajstić information content (AvgIpc) is 3.42. The largest absolute Gasteiger partial charge is 0.493 e. The molecule has 2 aromatic carbocycles. The van der Waals surface area contributed by atoms with Gasteiger partial charge in [-0.25, -0.2) is 13.1 Å². The van der Waals surface area contributed by atoms with Crippen molar-refractivity contribution in [2.45, 2.75) is 43.9 Å². The molecule has 0 spiro atoms. The standard InChI is InChI=1S/C27H36N4O5S/c1-20(2)26-29-27(36-30-26)31-16-13-21(14-17-31)19-35-24-9-5-22(6-10-24)23-7-11-25(12-8-23)37(32,33)28-15-4-18-34-3/h5-12,20-21,28H,4,13-19H2,1-3H3. The first-order chi connectivity index (χ1) is 17.9. The smallest absolute Gasteiger partial charge is 0.324 e. The summed E-state index contributed by atoms with van der Waals surface area (Å²) in [5.74, 6) is 2.30. The summed E-state index contributed by atoms with van der Waals surface area (Å²) in [7, 11) is -1.93. The van der Waals surface area contributed by atoms with Crippen LogP contribution in [0.2, 0.25) is 0 Å². The Morgan fingerprint density at radius 2 is 1.70 bits per heavy atom. The summed E-state index contributed by atoms with van der Waals surface area (Å²) < 4.78 is 43.9. The Morgan fingerprint density at radius 3 is 2.30 bits per heavy atom. The summed E-state index contributed by atoms with van der Waals surface area (Å²) in [6.07, 6.45) is 2.64. The zero-order valence-corrected chi connectivity index (χ0v) is 22.5. The summed E-state index contributed by atoms with van der Waals surface area (Å²) in [6.45, 7) is 7.38. The molecule has 37 heavy (non-hydrogen) atoms. The van der Waals surface area contributed by atoms with Crippen LogP contribution in [0.25, 0.3) is 11.1 Å². The second-order valence-electron chi connectivity index (χ2n) is 9.62. The molecule has 0 atom stereocenters. The van der Waals surface area contributed by atoms with E-state index >= 15 is 0 Å². The van der Waals surface area contributed by atoms with Crippen molar-refractivity contribution in [2.75, 3.05) is 44.9 Å². The number of methoxy groups -OCH3 is 1. The average molecular weight is 529 g/mol. The van der Waals surface area contributed by atoms with Crippen LogP contribution in [-0.2, 0) is 14.8 Å². The molecule has 1 fully saturated rings. The summed E-state index contributed by atoms with van der Waals surface area (Å²) in [6, 6.07) is 15.4. The van der Waals surface area contributed by atoms with Gasteiger partial charge in [-0.3, -0.25) is 0 Å². The summed E-state index contributed by atoms with van der Waals surface area (Å²) in [4.78, 5) is 6.90. The van der Waals surface area contributed by atoms with Crippen LogP contribution in [0.4, 0.5) is 6.01 Å². The van der Waals surface area contributed by atoms with Gasteiger partial charge in [0, 0.05) is 39.3 Å². The van der Waals surface area contributed by atoms with Gasteiger partial charge in [0.2, 0.25) is 10.0 Å². The zero-order chi connectivity index (χ0) is 26.3. The molecule has 200 valence electrons. The second-order valence-corrected chi connectivity index (χ2v) is 11.4. The molecular weight excluding hydrogens is 492 g/mol. The zero-order valence-electron chi connectivity index (χ0n) is 21.7. The van der Waals surface area contributed by atoms with Gasteiger partial charge in [-0.1, -0.05) is 43.3 Å². The second kappa shape index (κ2) is 12.5. The van der Waals surface area contributed by atoms with E-state index in [0.29, 0.717) is 38.1 Å². The molecule has 0 aliphatic carbocycles. The minimum atomic E-state index is -3.53. The molecule has 1 aliphatic heterocycles. The lowest BCUT2D eigenvalue weighted by Gasteiger charge is -2.30. The highest BCUT2D eigenvalue weighted by molar-refractivity contribution is 7.89. The molecule has 0 radical (unpaired) electrons. The first-order valence-electron chi connectivity index (χ1n) is 12.8. The van der Waals surface area contributed by atoms with Gasteiger partial charge < -0.3 is 18.9 Å². The molecule has 9 nitrogen and oxygen atoms in total. The fraction of sp³-hybridized carbons (Fsp3) is 0.481. The highest BCUT2D eigenvalue weighted by Gasteiger charge is 2.24. The van der Waals surface area contributed by atoms with Crippen molar-refractivity contribution < 1.29 is 22.4 Å². The lowest BCUT2D eigenvalue weighted by Crippen LogP contribution is -2.35. The highest BCUT2D eigenvalue weighted by atomic mass is 32.2. The SMILES string of the molecule is COCCCNS(=O)(=O)c1ccc(-c2ccc(OCC3CCN(c4nc(C(C)C)no4)CC3)cc2)cc1. The van der Waals surface area contributed by atoms with Gasteiger partial charge in [-0.15, -0.1) is 0 Å². The fourth-order valence-electron chi connectivity index (χ4n) is 4.17. The summed E-state index contributed by atoms with van der Waals surface area (Å²) in [5.41, 5.74) is 1.94. The molecule has 1 saturated heterocycles. The van der Waals surface area contributed by atoms with Gasteiger partial charge in [0.15, 0.2) is 5.82 Å². The van der Waals surface area contributed by atoms with Crippen LogP contribution in [0.5, 0.6) is 5.75 Å². The number of aromatic nitrogens is 2. The Balaban J connectivity index is 1.25. The molecule has 1 aliphatic rings. The molecule has 0 amide bonds. The third kappa shape index (κ3) is 7.30. The van der Waals surface area contributed by atoms with E-state index in [1.807, 2.05) is 36.4 Å². The van der Waals surface area contributed by atoms with Crippen LogP contribution in [-0.4, -0.2) is 58.5 Å². The minimum absolute atomic E-state index is 0.249. The van der Waals surface area contributed by atoms with Crippen molar-refractivity contribution in [3.63, 3.8) is 0 Å². The first-order valence-corrected chi connectivity index (χ1v) is 14.2. The summed E-state index contributed by atoms with van der Waals surface area (Å²) >= 11 is 0. The lowest BCUT2D eigenvalue weighted by molar-refractivity contribution is 0.196. The molecule has 1 aromatic heterocycles. The maximum absolute atomic E-state index is 12.4. The van der Waals surface area contributed by atoms with Gasteiger partial charge in [0.1, 0.15) is 5.75 Å². The van der Waals surface area contributed by atoms with E-state index in [2.05, 4.69) is 33.6 Å². The third-order valence-electron chi connectivity index (χ3n) is 6.49. The van der Waals surface area contributed by atoms with Crippen molar-refractivity contribution in [3.05, 3.63) is 54.4 Å². The third-order valence-corrected chi connectivity index (χ3v) is 7.96. The van der Waals surface area contributed by atoms with Gasteiger partial charge in [-0.05, 0) is 60.6 Å². The molecule has 0 saturated carbocycles. The minimum Gasteiger partial charge on any atom is -0.493 e. The number of anilines is 1. The molecule has 0 bridgehead atoms. The number of piperidine rings is 1. The number of benzene rings is 2. The highest BCUT2D eigenvalue weighted by Crippen LogP contribution is 2.26. The van der Waals surface area contributed by atoms with E-state index < -0.39 is 10.0 Å². The normalized spacial score (nSPS) is 14.9. The Kier molecular flexibility index (Phi) is 9.18. The Labute approximate surface area is 219 Å². The topological polar surface area (TPSA) is 107 Å². The number of hydrogen-bond donors (Lipinski definition) is 1. The number of ether oxygens (including phenoxy) is 2. The van der Waals surface area contributed by atoms with Crippen LogP contribution >= 0.6 is 0 Å². The molecule has 3 aromatic rings. The van der Waals surface area contributed by atoms with Gasteiger partial charge in [0.25, 0.3) is 0 Å². The van der Waals surface area contributed by atoms with Crippen LogP contribution in [0.1, 0.15) is 44.9 Å². The van der Waals surface area contributed by atoms with Crippen molar-refractivity contribution in [1.82, 2.24) is 14.9 Å². The number of nitrogens with zero attached hydrogens (tertiary/aromatic N) is 3. The van der Waals surface area contributed by atoms with Crippen molar-refractivity contribution in [3.8, 4) is 16.9 Å². The number of rotatable bonds is 12.